The van der Waals surface area contributed by atoms with E-state index in [1.54, 1.807) is 30.4 Å². The largest absolute Gasteiger partial charge is 0.748 e. The van der Waals surface area contributed by atoms with Crippen molar-refractivity contribution in [2.75, 3.05) is 49.6 Å². The minimum Gasteiger partial charge on any atom is -0.748 e. The van der Waals surface area contributed by atoms with E-state index in [0.717, 1.165) is 40.3 Å². The number of hydrogen-bond donors (Lipinski definition) is 1. The van der Waals surface area contributed by atoms with Gasteiger partial charge in [0.05, 0.1) is 25.3 Å². The van der Waals surface area contributed by atoms with Crippen LogP contribution in [0.25, 0.3) is 0 Å². The molecule has 4 aromatic rings. The third-order valence-electron chi connectivity index (χ3n) is 13.2. The average Bonchev–Trinajstić information content (AvgIpc) is 3.69. The summed E-state index contributed by atoms with van der Waals surface area (Å²) >= 11 is 0.862. The van der Waals surface area contributed by atoms with Gasteiger partial charge in [0.2, 0.25) is 21.6 Å². The van der Waals surface area contributed by atoms with Gasteiger partial charge in [-0.3, -0.25) is 9.83 Å². The van der Waals surface area contributed by atoms with Crippen molar-refractivity contribution in [2.24, 2.45) is 0 Å². The van der Waals surface area contributed by atoms with Crippen molar-refractivity contribution in [3.8, 4) is 0 Å². The Bertz CT molecular complexity index is 3040. The monoisotopic (exact) mass is 1070 g/mol. The molecule has 0 bridgehead atoms. The van der Waals surface area contributed by atoms with E-state index in [2.05, 4.69) is 39.0 Å². The van der Waals surface area contributed by atoms with Crippen LogP contribution in [0.2, 0.25) is 0 Å². The fraction of sp³-hybridized carbons (Fsp3) is 0.358. The van der Waals surface area contributed by atoms with Gasteiger partial charge in [-0.15, -0.1) is 0 Å². The van der Waals surface area contributed by atoms with E-state index in [0.29, 0.717) is 54.9 Å². The van der Waals surface area contributed by atoms with Crippen LogP contribution in [-0.2, 0) is 55.3 Å². The highest BCUT2D eigenvalue weighted by Gasteiger charge is 2.45. The number of anilines is 1. The first-order chi connectivity index (χ1) is 34.6. The zero-order valence-corrected chi connectivity index (χ0v) is 44.8. The van der Waals surface area contributed by atoms with Crippen molar-refractivity contribution >= 4 is 65.3 Å². The Labute approximate surface area is 434 Å². The van der Waals surface area contributed by atoms with Gasteiger partial charge < -0.3 is 24.6 Å². The van der Waals surface area contributed by atoms with E-state index in [1.165, 1.54) is 29.6 Å². The number of sulfonamides is 1. The molecule has 0 unspecified atom stereocenters. The number of nitrogens with one attached hydrogen (secondary N) is 1. The van der Waals surface area contributed by atoms with Crippen LogP contribution in [0.5, 0.6) is 0 Å². The van der Waals surface area contributed by atoms with E-state index >= 15 is 0 Å². The first kappa shape index (κ1) is 57.0. The number of hydrogen-bond acceptors (Lipinski definition) is 14. The van der Waals surface area contributed by atoms with Gasteiger partial charge in [0.15, 0.2) is 5.71 Å². The van der Waals surface area contributed by atoms with Gasteiger partial charge >= 0.3 is 0 Å². The molecule has 0 aliphatic carbocycles. The van der Waals surface area contributed by atoms with Gasteiger partial charge in [0.1, 0.15) is 16.7 Å². The normalized spacial score (nSPS) is 16.2. The first-order valence-electron chi connectivity index (χ1n) is 23.8. The highest BCUT2D eigenvalue weighted by molar-refractivity contribution is 7.94. The summed E-state index contributed by atoms with van der Waals surface area (Å²) in [6.45, 7) is 8.98. The van der Waals surface area contributed by atoms with Crippen LogP contribution < -0.4 is 15.5 Å². The van der Waals surface area contributed by atoms with Crippen LogP contribution in [0.3, 0.4) is 0 Å². The molecule has 4 aromatic carbocycles. The standard InChI is InChI=1S/C53H64N4O12S4/c1-52(2)45-38-42(72(63,64)55(5)33-17-26-51(58)54-32-31-44(40-20-11-9-12-21-40)41-22-13-10-14-23-41)27-29-47(45)57(35-19-37-71(60,61)62)50(52)25-16-8-6-7-15-24-49-53(3,4)46-39-43(73(65,66)67)28-30-48(46)56(49)34-18-36-70-69-68-59/h6-16,20-25,27-30,38-39,44H,17-19,26,31-37H2,1-5H3,(H3-,54,58,59,60,61,62,65,66,67)/p-2. The molecule has 392 valence electrons. The summed E-state index contributed by atoms with van der Waals surface area (Å²) in [4.78, 5) is 14.7. The predicted octanol–water partition coefficient (Wildman–Crippen LogP) is 7.25. The van der Waals surface area contributed by atoms with Crippen molar-refractivity contribution in [3.63, 3.8) is 0 Å². The summed E-state index contributed by atoms with van der Waals surface area (Å²) < 4.78 is 106. The van der Waals surface area contributed by atoms with E-state index in [9.17, 15) is 44.4 Å². The van der Waals surface area contributed by atoms with E-state index in [1.807, 2.05) is 104 Å². The van der Waals surface area contributed by atoms with Gasteiger partial charge in [0, 0.05) is 103 Å². The fourth-order valence-corrected chi connectivity index (χ4v) is 12.0. The average molecular weight is 1080 g/mol. The molecular formula is C53H62N4O12S4-2. The van der Waals surface area contributed by atoms with Crippen molar-refractivity contribution in [2.45, 2.75) is 86.3 Å². The lowest BCUT2D eigenvalue weighted by molar-refractivity contribution is -0.777. The molecule has 16 nitrogen and oxygen atoms in total. The third kappa shape index (κ3) is 14.5. The molecule has 20 heteroatoms. The summed E-state index contributed by atoms with van der Waals surface area (Å²) in [5, 5.41) is 16.7. The molecule has 0 spiro atoms. The molecule has 1 N–H and O–H groups in total. The topological polar surface area (TPSA) is 229 Å². The maximum Gasteiger partial charge on any atom is 0.242 e. The first-order valence-corrected chi connectivity index (χ1v) is 29.1. The maximum atomic E-state index is 14.0. The highest BCUT2D eigenvalue weighted by Crippen LogP contribution is 2.49. The number of fused-ring (bicyclic) bond motifs is 2. The molecule has 0 saturated heterocycles. The predicted molar refractivity (Wildman–Crippen MR) is 279 cm³/mol. The molecule has 0 radical (unpaired) electrons. The van der Waals surface area contributed by atoms with Gasteiger partial charge in [-0.1, -0.05) is 105 Å². The molecule has 6 rings (SSSR count). The molecule has 73 heavy (non-hydrogen) atoms. The van der Waals surface area contributed by atoms with Crippen LogP contribution in [0, 0.1) is 0 Å². The lowest BCUT2D eigenvalue weighted by Gasteiger charge is -2.27. The minimum atomic E-state index is -4.70. The Morgan fingerprint density at radius 3 is 2.07 bits per heavy atom. The molecule has 0 atom stereocenters. The Balaban J connectivity index is 1.13. The number of allylic oxidation sites excluding steroid dienone is 8. The second kappa shape index (κ2) is 24.8. The lowest BCUT2D eigenvalue weighted by atomic mass is 9.81. The molecular weight excluding hydrogens is 1010 g/mol. The minimum absolute atomic E-state index is 0.0371. The Morgan fingerprint density at radius 1 is 0.795 bits per heavy atom. The number of benzene rings is 4. The number of carbonyl (C=O) groups is 1. The Morgan fingerprint density at radius 2 is 1.42 bits per heavy atom. The SMILES string of the molecule is CN(CCCC(=O)NCCC(c1ccccc1)c1ccccc1)S(=O)(=O)c1ccc2c(c1)C(C)(C)C(/C=C/C=C/C=C/C=C1/N(CCCSOO[O-])c3ccc(S(=O)(=O)[O-])cc3C1(C)C)=[N+]2CCCS(=O)(=O)[O-]. The number of amides is 1. The quantitative estimate of drug-likeness (QED) is 0.0124. The molecule has 2 heterocycles. The Kier molecular flexibility index (Phi) is 19.4. The van der Waals surface area contributed by atoms with E-state index < -0.39 is 46.8 Å². The molecule has 2 aliphatic heterocycles. The number of nitrogens with zero attached hydrogens (tertiary/aromatic N) is 3. The second-order valence-electron chi connectivity index (χ2n) is 18.8. The third-order valence-corrected chi connectivity index (χ3v) is 17.3. The molecule has 0 saturated carbocycles. The molecule has 0 fully saturated rings. The van der Waals surface area contributed by atoms with E-state index in [4.69, 9.17) is 0 Å². The molecule has 0 aromatic heterocycles. The smallest absolute Gasteiger partial charge is 0.242 e. The summed E-state index contributed by atoms with van der Waals surface area (Å²) in [6.07, 6.45) is 14.6. The van der Waals surface area contributed by atoms with Gasteiger partial charge in [-0.2, -0.15) is 8.91 Å². The molecule has 2 aliphatic rings. The Hall–Kier alpha value is -5.26. The van der Waals surface area contributed by atoms with Crippen molar-refractivity contribution < 1.29 is 58.4 Å². The van der Waals surface area contributed by atoms with Crippen molar-refractivity contribution in [1.82, 2.24) is 9.62 Å². The lowest BCUT2D eigenvalue weighted by Crippen LogP contribution is -2.31. The summed E-state index contributed by atoms with van der Waals surface area (Å²) in [5.74, 6) is -0.198. The van der Waals surface area contributed by atoms with E-state index in [-0.39, 0.29) is 47.5 Å². The number of rotatable bonds is 26. The fourth-order valence-electron chi connectivity index (χ4n) is 9.43. The zero-order chi connectivity index (χ0) is 53.0. The van der Waals surface area contributed by atoms with Gasteiger partial charge in [0.25, 0.3) is 0 Å². The second-order valence-corrected chi connectivity index (χ2v) is 24.5. The molecule has 1 amide bonds. The highest BCUT2D eigenvalue weighted by atomic mass is 32.2. The summed E-state index contributed by atoms with van der Waals surface area (Å²) in [6, 6.07) is 29.4. The van der Waals surface area contributed by atoms with Crippen molar-refractivity contribution in [3.05, 3.63) is 168 Å². The summed E-state index contributed by atoms with van der Waals surface area (Å²) in [5.41, 5.74) is 5.24. The van der Waals surface area contributed by atoms with Crippen LogP contribution in [0.15, 0.2) is 155 Å². The van der Waals surface area contributed by atoms with Crippen LogP contribution in [-0.4, -0.2) is 99.6 Å². The van der Waals surface area contributed by atoms with Crippen LogP contribution in [0.1, 0.15) is 88.0 Å². The van der Waals surface area contributed by atoms with Crippen molar-refractivity contribution in [1.29, 1.82) is 0 Å². The van der Waals surface area contributed by atoms with Gasteiger partial charge in [-0.05, 0) is 86.2 Å². The van der Waals surface area contributed by atoms with Crippen LogP contribution >= 0.6 is 12.0 Å². The zero-order valence-electron chi connectivity index (χ0n) is 41.5. The summed E-state index contributed by atoms with van der Waals surface area (Å²) in [7, 11) is -11.7. The van der Waals surface area contributed by atoms with Crippen LogP contribution in [0.4, 0.5) is 11.4 Å². The number of carbonyl (C=O) groups excluding carboxylic acids is 1. The maximum absolute atomic E-state index is 14.0. The van der Waals surface area contributed by atoms with Gasteiger partial charge in [-0.25, -0.2) is 29.6 Å².